The largest absolute Gasteiger partial charge is 0.508 e. The first-order valence-electron chi connectivity index (χ1n) is 12.9. The van der Waals surface area contributed by atoms with E-state index in [1.54, 1.807) is 25.2 Å². The average molecular weight is 617 g/mol. The van der Waals surface area contributed by atoms with E-state index in [4.69, 9.17) is 0 Å². The average Bonchev–Trinajstić information content (AvgIpc) is 3.31. The molecule has 0 spiro atoms. The van der Waals surface area contributed by atoms with Gasteiger partial charge in [-0.25, -0.2) is 0 Å². The lowest BCUT2D eigenvalue weighted by molar-refractivity contribution is -0.259. The van der Waals surface area contributed by atoms with Crippen LogP contribution in [0.2, 0.25) is 0 Å². The van der Waals surface area contributed by atoms with Crippen molar-refractivity contribution in [3.05, 3.63) is 103 Å². The molecular weight excluding hydrogens is 582 g/mol. The Morgan fingerprint density at radius 2 is 1.76 bits per heavy atom. The Hall–Kier alpha value is -2.69. The van der Waals surface area contributed by atoms with Gasteiger partial charge in [-0.15, -0.1) is 11.3 Å². The number of hydrogen-bond acceptors (Lipinski definition) is 4. The minimum Gasteiger partial charge on any atom is -0.508 e. The second kappa shape index (κ2) is 13.5. The third-order valence-corrected chi connectivity index (χ3v) is 8.43. The molecule has 1 unspecified atom stereocenters. The van der Waals surface area contributed by atoms with E-state index in [1.165, 1.54) is 50.3 Å². The summed E-state index contributed by atoms with van der Waals surface area (Å²) in [5, 5.41) is 19.3. The molecule has 41 heavy (non-hydrogen) atoms. The maximum absolute atomic E-state index is 15.2. The van der Waals surface area contributed by atoms with Crippen LogP contribution in [0.15, 0.2) is 87.5 Å². The predicted molar refractivity (Wildman–Crippen MR) is 160 cm³/mol. The highest BCUT2D eigenvalue weighted by Crippen LogP contribution is 2.64. The number of alkyl halides is 6. The van der Waals surface area contributed by atoms with Gasteiger partial charge < -0.3 is 10.2 Å². The fraction of sp³-hybridized carbons (Fsp3) is 0.355. The molecule has 0 aromatic carbocycles. The summed E-state index contributed by atoms with van der Waals surface area (Å²) in [6.07, 6.45) is 11.7. The molecule has 0 saturated carbocycles. The third kappa shape index (κ3) is 6.87. The fourth-order valence-electron chi connectivity index (χ4n) is 4.17. The van der Waals surface area contributed by atoms with Gasteiger partial charge in [0.25, 0.3) is 0 Å². The van der Waals surface area contributed by atoms with Crippen molar-refractivity contribution in [3.63, 3.8) is 0 Å². The van der Waals surface area contributed by atoms with E-state index in [9.17, 15) is 19.0 Å². The molecule has 0 radical (unpaired) electrons. The van der Waals surface area contributed by atoms with E-state index in [2.05, 4.69) is 6.58 Å². The Morgan fingerprint density at radius 3 is 2.32 bits per heavy atom. The van der Waals surface area contributed by atoms with Crippen LogP contribution >= 0.6 is 23.1 Å². The number of aliphatic hydroxyl groups is 2. The molecule has 3 rings (SSSR count). The van der Waals surface area contributed by atoms with Crippen molar-refractivity contribution in [1.82, 2.24) is 0 Å². The molecule has 2 N–H and O–H groups in total. The Bertz CT molecular complexity index is 1370. The highest BCUT2D eigenvalue weighted by molar-refractivity contribution is 8.06. The second-order valence-electron chi connectivity index (χ2n) is 9.07. The number of aryl methyl sites for hydroxylation is 1. The number of hydrogen-bond donors (Lipinski definition) is 2. The van der Waals surface area contributed by atoms with Crippen LogP contribution < -0.4 is 0 Å². The summed E-state index contributed by atoms with van der Waals surface area (Å²) in [5.41, 5.74) is -2.97. The number of allylic oxidation sites excluding steroid dienone is 10. The summed E-state index contributed by atoms with van der Waals surface area (Å²) in [4.78, 5) is 1.02. The van der Waals surface area contributed by atoms with Crippen molar-refractivity contribution in [3.8, 4) is 0 Å². The van der Waals surface area contributed by atoms with Gasteiger partial charge in [0.05, 0.1) is 6.10 Å². The van der Waals surface area contributed by atoms with Crippen molar-refractivity contribution in [2.75, 3.05) is 0 Å². The summed E-state index contributed by atoms with van der Waals surface area (Å²) in [5.74, 6) is -16.0. The van der Waals surface area contributed by atoms with Crippen LogP contribution in [-0.2, 0) is 0 Å². The molecule has 2 nitrogen and oxygen atoms in total. The molecule has 10 heteroatoms. The number of aliphatic hydroxyl groups excluding tert-OH is 2. The maximum atomic E-state index is 15.2. The molecule has 2 aliphatic rings. The molecule has 1 aromatic heterocycles. The van der Waals surface area contributed by atoms with Crippen LogP contribution in [0.5, 0.6) is 0 Å². The van der Waals surface area contributed by atoms with Crippen molar-refractivity contribution in [2.45, 2.75) is 71.8 Å². The highest BCUT2D eigenvalue weighted by Gasteiger charge is 2.80. The first-order chi connectivity index (χ1) is 19.1. The van der Waals surface area contributed by atoms with Gasteiger partial charge in [-0.2, -0.15) is 26.3 Å². The number of halogens is 6. The van der Waals surface area contributed by atoms with E-state index in [1.807, 2.05) is 13.8 Å². The molecule has 1 heterocycles. The van der Waals surface area contributed by atoms with Gasteiger partial charge in [0.15, 0.2) is 0 Å². The van der Waals surface area contributed by atoms with Crippen molar-refractivity contribution < 1.29 is 36.6 Å². The minimum absolute atomic E-state index is 0.0696. The van der Waals surface area contributed by atoms with Gasteiger partial charge in [-0.3, -0.25) is 0 Å². The fourth-order valence-corrected chi connectivity index (χ4v) is 6.01. The topological polar surface area (TPSA) is 40.5 Å². The summed E-state index contributed by atoms with van der Waals surface area (Å²) in [7, 11) is 0. The number of thioether (sulfide) groups is 1. The molecule has 0 aliphatic heterocycles. The number of rotatable bonds is 8. The standard InChI is InChI=1S/C29H28F6O2S2.C2H6/c1-6-8-21(36)9-7-10-23-15-24(19(5)39-23)26-25(27(30,31)29(34,35)28(26,32)33)16(2)17(3)38-18(4)20-11-13-22(37)14-12-20;1-2/h6-13,15,22,36-37H,4,14H2,1-3,5H3;1-2H3/b8-6-,10-7+,17-16+,21-9+;. The normalized spacial score (nSPS) is 22.1. The van der Waals surface area contributed by atoms with Gasteiger partial charge in [-0.1, -0.05) is 62.6 Å². The molecule has 2 aliphatic carbocycles. The molecular formula is C31H34F6O2S2. The molecule has 0 fully saturated rings. The Labute approximate surface area is 245 Å². The Balaban J connectivity index is 0.00000287. The third-order valence-electron chi connectivity index (χ3n) is 6.32. The van der Waals surface area contributed by atoms with E-state index in [0.29, 0.717) is 21.8 Å². The van der Waals surface area contributed by atoms with Gasteiger partial charge in [0.2, 0.25) is 0 Å². The van der Waals surface area contributed by atoms with Crippen LogP contribution in [0.4, 0.5) is 26.3 Å². The van der Waals surface area contributed by atoms with Crippen molar-refractivity contribution >= 4 is 34.7 Å². The summed E-state index contributed by atoms with van der Waals surface area (Å²) in [6, 6.07) is 1.18. The quantitative estimate of drug-likeness (QED) is 0.173. The van der Waals surface area contributed by atoms with E-state index >= 15 is 17.6 Å². The predicted octanol–water partition coefficient (Wildman–Crippen LogP) is 10.6. The zero-order valence-electron chi connectivity index (χ0n) is 23.7. The lowest BCUT2D eigenvalue weighted by atomic mass is 9.95. The first-order valence-corrected chi connectivity index (χ1v) is 14.5. The van der Waals surface area contributed by atoms with Crippen LogP contribution in [0.1, 0.15) is 56.4 Å². The van der Waals surface area contributed by atoms with Crippen LogP contribution in [-0.4, -0.2) is 34.1 Å². The zero-order chi connectivity index (χ0) is 31.3. The van der Waals surface area contributed by atoms with Crippen LogP contribution in [0.25, 0.3) is 11.6 Å². The van der Waals surface area contributed by atoms with Crippen molar-refractivity contribution in [1.29, 1.82) is 0 Å². The molecule has 1 aromatic rings. The summed E-state index contributed by atoms with van der Waals surface area (Å²) >= 11 is 1.89. The van der Waals surface area contributed by atoms with E-state index in [0.717, 1.165) is 30.0 Å². The lowest BCUT2D eigenvalue weighted by Gasteiger charge is -2.26. The molecule has 0 amide bonds. The van der Waals surface area contributed by atoms with Crippen LogP contribution in [0.3, 0.4) is 0 Å². The van der Waals surface area contributed by atoms with Gasteiger partial charge in [0, 0.05) is 25.8 Å². The first kappa shape index (κ1) is 34.5. The van der Waals surface area contributed by atoms with E-state index in [-0.39, 0.29) is 26.7 Å². The van der Waals surface area contributed by atoms with Crippen molar-refractivity contribution in [2.24, 2.45) is 0 Å². The lowest BCUT2D eigenvalue weighted by Crippen LogP contribution is -2.49. The molecule has 1 atom stereocenters. The highest BCUT2D eigenvalue weighted by atomic mass is 32.2. The minimum atomic E-state index is -5.65. The Kier molecular flexibility index (Phi) is 11.4. The van der Waals surface area contributed by atoms with E-state index < -0.39 is 35.0 Å². The van der Waals surface area contributed by atoms with Gasteiger partial charge in [0.1, 0.15) is 5.76 Å². The summed E-state index contributed by atoms with van der Waals surface area (Å²) < 4.78 is 90.3. The summed E-state index contributed by atoms with van der Waals surface area (Å²) in [6.45, 7) is 13.5. The van der Waals surface area contributed by atoms with Crippen LogP contribution in [0, 0.1) is 6.92 Å². The SMILES string of the molecule is C=C(S/C(C)=C(\C)C1=C(c2cc(/C=C/C=C(O)\C=C/C)sc2C)C(F)(F)C(F)(F)C1(F)F)C1=CCC(O)C=C1.CC. The Morgan fingerprint density at radius 1 is 1.12 bits per heavy atom. The molecule has 224 valence electrons. The second-order valence-corrected chi connectivity index (χ2v) is 11.7. The maximum Gasteiger partial charge on any atom is 0.380 e. The zero-order valence-corrected chi connectivity index (χ0v) is 25.3. The molecule has 0 saturated heterocycles. The monoisotopic (exact) mass is 616 g/mol. The molecule has 0 bridgehead atoms. The van der Waals surface area contributed by atoms with Gasteiger partial charge >= 0.3 is 17.8 Å². The van der Waals surface area contributed by atoms with Gasteiger partial charge in [-0.05, 0) is 80.0 Å². The number of thiophene rings is 1. The smallest absolute Gasteiger partial charge is 0.380 e.